The van der Waals surface area contributed by atoms with Crippen molar-refractivity contribution in [1.82, 2.24) is 10.6 Å². The highest BCUT2D eigenvalue weighted by molar-refractivity contribution is 5.74. The Morgan fingerprint density at radius 2 is 2.00 bits per heavy atom. The first-order valence-corrected chi connectivity index (χ1v) is 7.94. The predicted octanol–water partition coefficient (Wildman–Crippen LogP) is 1.85. The lowest BCUT2D eigenvalue weighted by atomic mass is 9.97. The van der Waals surface area contributed by atoms with Crippen molar-refractivity contribution in [2.45, 2.75) is 44.2 Å². The second-order valence-corrected chi connectivity index (χ2v) is 6.20. The molecule has 0 spiro atoms. The van der Waals surface area contributed by atoms with E-state index in [0.29, 0.717) is 19.6 Å². The number of hydrogen-bond acceptors (Lipinski definition) is 3. The highest BCUT2D eigenvalue weighted by Crippen LogP contribution is 2.13. The molecule has 2 rings (SSSR count). The van der Waals surface area contributed by atoms with Gasteiger partial charge in [-0.3, -0.25) is 0 Å². The van der Waals surface area contributed by atoms with Gasteiger partial charge in [0.25, 0.3) is 0 Å². The van der Waals surface area contributed by atoms with Gasteiger partial charge in [0, 0.05) is 25.8 Å². The summed E-state index contributed by atoms with van der Waals surface area (Å²) < 4.78 is 5.26. The van der Waals surface area contributed by atoms with Crippen LogP contribution in [-0.2, 0) is 11.2 Å². The average molecular weight is 306 g/mol. The first kappa shape index (κ1) is 16.8. The fourth-order valence-corrected chi connectivity index (χ4v) is 2.50. The van der Waals surface area contributed by atoms with Crippen LogP contribution in [0.4, 0.5) is 4.79 Å². The van der Waals surface area contributed by atoms with Gasteiger partial charge in [0.1, 0.15) is 0 Å². The summed E-state index contributed by atoms with van der Waals surface area (Å²) in [5.41, 5.74) is 0.275. The van der Waals surface area contributed by atoms with Gasteiger partial charge in [0.2, 0.25) is 0 Å². The summed E-state index contributed by atoms with van der Waals surface area (Å²) >= 11 is 0. The van der Waals surface area contributed by atoms with E-state index >= 15 is 0 Å². The molecular weight excluding hydrogens is 280 g/mol. The zero-order valence-corrected chi connectivity index (χ0v) is 13.2. The van der Waals surface area contributed by atoms with Crippen LogP contribution in [0.2, 0.25) is 0 Å². The number of nitrogens with one attached hydrogen (secondary N) is 2. The Hall–Kier alpha value is -1.59. The maximum Gasteiger partial charge on any atom is 0.315 e. The summed E-state index contributed by atoms with van der Waals surface area (Å²) in [6.07, 6.45) is 3.08. The Labute approximate surface area is 132 Å². The van der Waals surface area contributed by atoms with Gasteiger partial charge in [0.05, 0.1) is 5.60 Å². The molecule has 0 aliphatic carbocycles. The molecule has 0 aromatic heterocycles. The molecule has 1 aromatic rings. The molecule has 0 unspecified atom stereocenters. The molecular formula is C17H26N2O3. The van der Waals surface area contributed by atoms with Crippen LogP contribution >= 0.6 is 0 Å². The minimum absolute atomic E-state index is 0.169. The second-order valence-electron chi connectivity index (χ2n) is 6.20. The third-order valence-corrected chi connectivity index (χ3v) is 3.98. The largest absolute Gasteiger partial charge is 0.388 e. The maximum atomic E-state index is 11.9. The van der Waals surface area contributed by atoms with Crippen LogP contribution in [0.15, 0.2) is 30.3 Å². The van der Waals surface area contributed by atoms with Gasteiger partial charge in [-0.15, -0.1) is 0 Å². The van der Waals surface area contributed by atoms with E-state index in [4.69, 9.17) is 4.74 Å². The first-order chi connectivity index (χ1) is 10.6. The van der Waals surface area contributed by atoms with Gasteiger partial charge in [-0.05, 0) is 38.2 Å². The molecule has 1 saturated heterocycles. The van der Waals surface area contributed by atoms with E-state index in [1.807, 2.05) is 30.3 Å². The lowest BCUT2D eigenvalue weighted by molar-refractivity contribution is 0.0523. The van der Waals surface area contributed by atoms with E-state index < -0.39 is 5.60 Å². The molecule has 22 heavy (non-hydrogen) atoms. The molecule has 5 heteroatoms. The Morgan fingerprint density at radius 3 is 2.68 bits per heavy atom. The zero-order chi connectivity index (χ0) is 15.8. The lowest BCUT2D eigenvalue weighted by Crippen LogP contribution is -2.49. The van der Waals surface area contributed by atoms with Crippen LogP contribution in [-0.4, -0.2) is 42.5 Å². The van der Waals surface area contributed by atoms with E-state index in [1.165, 1.54) is 5.56 Å². The van der Waals surface area contributed by atoms with Crippen molar-refractivity contribution in [3.63, 3.8) is 0 Å². The number of ether oxygens (including phenoxy) is 1. The van der Waals surface area contributed by atoms with E-state index in [1.54, 1.807) is 6.92 Å². The predicted molar refractivity (Wildman–Crippen MR) is 85.8 cm³/mol. The van der Waals surface area contributed by atoms with Crippen molar-refractivity contribution in [1.29, 1.82) is 0 Å². The monoisotopic (exact) mass is 306 g/mol. The van der Waals surface area contributed by atoms with Crippen molar-refractivity contribution in [3.8, 4) is 0 Å². The van der Waals surface area contributed by atoms with Crippen molar-refractivity contribution in [2.24, 2.45) is 0 Å². The van der Waals surface area contributed by atoms with E-state index in [-0.39, 0.29) is 18.6 Å². The molecule has 1 aliphatic rings. The van der Waals surface area contributed by atoms with Gasteiger partial charge in [0.15, 0.2) is 0 Å². The SMILES string of the molecule is C[C@@](O)(CCc1ccccc1)CNC(=O)NC1CCOCC1. The second kappa shape index (κ2) is 8.15. The summed E-state index contributed by atoms with van der Waals surface area (Å²) in [5.74, 6) is 0. The van der Waals surface area contributed by atoms with Gasteiger partial charge >= 0.3 is 6.03 Å². The molecule has 0 saturated carbocycles. The third kappa shape index (κ3) is 6.03. The average Bonchev–Trinajstić information content (AvgIpc) is 2.53. The van der Waals surface area contributed by atoms with Crippen molar-refractivity contribution >= 4 is 6.03 Å². The topological polar surface area (TPSA) is 70.6 Å². The number of rotatable bonds is 6. The molecule has 1 fully saturated rings. The molecule has 1 atom stereocenters. The molecule has 0 radical (unpaired) electrons. The van der Waals surface area contributed by atoms with E-state index in [2.05, 4.69) is 10.6 Å². The smallest absolute Gasteiger partial charge is 0.315 e. The standard InChI is InChI=1S/C17H26N2O3/c1-17(21,10-7-14-5-3-2-4-6-14)13-18-16(20)19-15-8-11-22-12-9-15/h2-6,15,21H,7-13H2,1H3,(H2,18,19,20)/t17-/m1/s1. The summed E-state index contributed by atoms with van der Waals surface area (Å²) in [5, 5.41) is 16.1. The number of benzene rings is 1. The van der Waals surface area contributed by atoms with Crippen LogP contribution in [0.3, 0.4) is 0 Å². The summed E-state index contributed by atoms with van der Waals surface area (Å²) in [6, 6.07) is 10.00. The van der Waals surface area contributed by atoms with Crippen LogP contribution in [0.1, 0.15) is 31.7 Å². The summed E-state index contributed by atoms with van der Waals surface area (Å²) in [4.78, 5) is 11.9. The third-order valence-electron chi connectivity index (χ3n) is 3.98. The Morgan fingerprint density at radius 1 is 1.32 bits per heavy atom. The molecule has 1 aromatic carbocycles. The number of urea groups is 1. The van der Waals surface area contributed by atoms with Gasteiger partial charge in [-0.2, -0.15) is 0 Å². The molecule has 1 heterocycles. The van der Waals surface area contributed by atoms with E-state index in [0.717, 1.165) is 19.3 Å². The number of carbonyl (C=O) groups excluding carboxylic acids is 1. The molecule has 5 nitrogen and oxygen atoms in total. The number of carbonyl (C=O) groups is 1. The van der Waals surface area contributed by atoms with Crippen LogP contribution < -0.4 is 10.6 Å². The van der Waals surface area contributed by atoms with Crippen molar-refractivity contribution < 1.29 is 14.6 Å². The highest BCUT2D eigenvalue weighted by Gasteiger charge is 2.22. The van der Waals surface area contributed by atoms with Crippen LogP contribution in [0.25, 0.3) is 0 Å². The number of aliphatic hydroxyl groups is 1. The first-order valence-electron chi connectivity index (χ1n) is 7.94. The highest BCUT2D eigenvalue weighted by atomic mass is 16.5. The lowest BCUT2D eigenvalue weighted by Gasteiger charge is -2.26. The van der Waals surface area contributed by atoms with Gasteiger partial charge < -0.3 is 20.5 Å². The number of hydrogen-bond donors (Lipinski definition) is 3. The minimum Gasteiger partial charge on any atom is -0.388 e. The van der Waals surface area contributed by atoms with Gasteiger partial charge in [-0.25, -0.2) is 4.79 Å². The number of aryl methyl sites for hydroxylation is 1. The number of amides is 2. The fraction of sp³-hybridized carbons (Fsp3) is 0.588. The zero-order valence-electron chi connectivity index (χ0n) is 13.2. The molecule has 2 amide bonds. The fourth-order valence-electron chi connectivity index (χ4n) is 2.50. The summed E-state index contributed by atoms with van der Waals surface area (Å²) in [6.45, 7) is 3.39. The molecule has 3 N–H and O–H groups in total. The molecule has 1 aliphatic heterocycles. The minimum atomic E-state index is -0.914. The van der Waals surface area contributed by atoms with Crippen LogP contribution in [0, 0.1) is 0 Å². The molecule has 122 valence electrons. The van der Waals surface area contributed by atoms with Crippen molar-refractivity contribution in [2.75, 3.05) is 19.8 Å². The van der Waals surface area contributed by atoms with Crippen molar-refractivity contribution in [3.05, 3.63) is 35.9 Å². The quantitative estimate of drug-likeness (QED) is 0.751. The molecule has 0 bridgehead atoms. The normalized spacial score (nSPS) is 18.5. The van der Waals surface area contributed by atoms with E-state index in [9.17, 15) is 9.90 Å². The maximum absolute atomic E-state index is 11.9. The Balaban J connectivity index is 1.68. The summed E-state index contributed by atoms with van der Waals surface area (Å²) in [7, 11) is 0. The Bertz CT molecular complexity index is 456. The van der Waals surface area contributed by atoms with Gasteiger partial charge in [-0.1, -0.05) is 30.3 Å². The Kier molecular flexibility index (Phi) is 6.21. The van der Waals surface area contributed by atoms with Crippen LogP contribution in [0.5, 0.6) is 0 Å².